The first kappa shape index (κ1) is 23.4. The molecule has 0 saturated carbocycles. The van der Waals surface area contributed by atoms with Crippen molar-refractivity contribution in [2.24, 2.45) is 0 Å². The number of hydrogen-bond donors (Lipinski definition) is 2. The van der Waals surface area contributed by atoms with Gasteiger partial charge in [-0.2, -0.15) is 15.2 Å². The second kappa shape index (κ2) is 9.71. The van der Waals surface area contributed by atoms with Gasteiger partial charge in [-0.25, -0.2) is 15.0 Å². The lowest BCUT2D eigenvalue weighted by Crippen LogP contribution is -2.28. The van der Waals surface area contributed by atoms with Crippen LogP contribution in [0, 0.1) is 11.3 Å². The van der Waals surface area contributed by atoms with Gasteiger partial charge in [0.1, 0.15) is 23.3 Å². The summed E-state index contributed by atoms with van der Waals surface area (Å²) in [5.74, 6) is 1.40. The van der Waals surface area contributed by atoms with E-state index in [-0.39, 0.29) is 22.9 Å². The monoisotopic (exact) mass is 491 g/mol. The van der Waals surface area contributed by atoms with Crippen molar-refractivity contribution in [3.8, 4) is 29.0 Å². The van der Waals surface area contributed by atoms with Crippen LogP contribution in [0.5, 0.6) is 5.88 Å². The minimum Gasteiger partial charge on any atom is -0.481 e. The zero-order valence-corrected chi connectivity index (χ0v) is 20.0. The number of nitriles is 1. The Kier molecular flexibility index (Phi) is 6.13. The Hall–Kier alpha value is -5.37. The maximum absolute atomic E-state index is 14.1. The van der Waals surface area contributed by atoms with Gasteiger partial charge in [-0.15, -0.1) is 0 Å². The van der Waals surface area contributed by atoms with E-state index in [9.17, 15) is 10.1 Å². The van der Waals surface area contributed by atoms with Crippen molar-refractivity contribution in [1.29, 1.82) is 5.26 Å². The van der Waals surface area contributed by atoms with Crippen LogP contribution in [-0.4, -0.2) is 36.6 Å². The maximum Gasteiger partial charge on any atom is 0.266 e. The van der Waals surface area contributed by atoms with Gasteiger partial charge >= 0.3 is 0 Å². The third-order valence-electron chi connectivity index (χ3n) is 5.69. The fourth-order valence-corrected chi connectivity index (χ4v) is 3.99. The zero-order valence-electron chi connectivity index (χ0n) is 20.0. The van der Waals surface area contributed by atoms with Crippen molar-refractivity contribution >= 4 is 22.7 Å². The summed E-state index contributed by atoms with van der Waals surface area (Å²) in [6.45, 7) is 1.82. The highest BCUT2D eigenvalue weighted by Crippen LogP contribution is 2.27. The number of aromatic nitrogens is 6. The number of nitrogens with one attached hydrogen (secondary N) is 1. The number of anilines is 2. The number of nitrogen functional groups attached to an aromatic ring is 1. The fraction of sp³-hybridized carbons (Fsp3) is 0.115. The molecule has 0 aliphatic heterocycles. The molecule has 182 valence electrons. The molecule has 0 aliphatic rings. The van der Waals surface area contributed by atoms with Gasteiger partial charge in [0.15, 0.2) is 5.82 Å². The van der Waals surface area contributed by atoms with E-state index in [1.165, 1.54) is 17.9 Å². The smallest absolute Gasteiger partial charge is 0.266 e. The first-order chi connectivity index (χ1) is 18.0. The predicted molar refractivity (Wildman–Crippen MR) is 138 cm³/mol. The van der Waals surface area contributed by atoms with Crippen molar-refractivity contribution in [3.63, 3.8) is 0 Å². The molecule has 3 heterocycles. The standard InChI is InChI=1S/C26H21N9O2/c1-15(31-22-16(13-27)14-30-26(28)34-22)24-32-19-10-6-9-18(23-29-12-11-20(33-23)37-2)21(19)25(36)35(24)17-7-4-3-5-8-17/h3-12,14-15H,1-2H3,(H3,28,30,31,34)/t15-/m1/s1. The van der Waals surface area contributed by atoms with E-state index >= 15 is 0 Å². The van der Waals surface area contributed by atoms with Crippen molar-refractivity contribution in [2.45, 2.75) is 13.0 Å². The van der Waals surface area contributed by atoms with Crippen LogP contribution in [0.1, 0.15) is 24.4 Å². The van der Waals surface area contributed by atoms with Crippen LogP contribution in [0.3, 0.4) is 0 Å². The summed E-state index contributed by atoms with van der Waals surface area (Å²) in [6.07, 6.45) is 2.92. The summed E-state index contributed by atoms with van der Waals surface area (Å²) in [7, 11) is 1.52. The average Bonchev–Trinajstić information content (AvgIpc) is 2.93. The third kappa shape index (κ3) is 4.39. The van der Waals surface area contributed by atoms with E-state index in [0.29, 0.717) is 39.7 Å². The number of methoxy groups -OCH3 is 1. The lowest BCUT2D eigenvalue weighted by Gasteiger charge is -2.21. The number of benzene rings is 2. The van der Waals surface area contributed by atoms with Gasteiger partial charge in [0.05, 0.1) is 35.9 Å². The van der Waals surface area contributed by atoms with E-state index in [1.54, 1.807) is 30.5 Å². The van der Waals surface area contributed by atoms with Crippen LogP contribution in [0.15, 0.2) is 71.8 Å². The number of hydrogen-bond acceptors (Lipinski definition) is 10. The maximum atomic E-state index is 14.1. The fourth-order valence-electron chi connectivity index (χ4n) is 3.99. The Morgan fingerprint density at radius 3 is 2.62 bits per heavy atom. The molecular weight excluding hydrogens is 470 g/mol. The van der Waals surface area contributed by atoms with Crippen LogP contribution in [0.4, 0.5) is 11.8 Å². The Labute approximate surface area is 211 Å². The molecular formula is C26H21N9O2. The summed E-state index contributed by atoms with van der Waals surface area (Å²) in [5, 5.41) is 13.0. The van der Waals surface area contributed by atoms with Crippen LogP contribution >= 0.6 is 0 Å². The normalized spacial score (nSPS) is 11.6. The third-order valence-corrected chi connectivity index (χ3v) is 5.69. The van der Waals surface area contributed by atoms with Crippen LogP contribution < -0.4 is 21.3 Å². The Morgan fingerprint density at radius 1 is 1.05 bits per heavy atom. The molecule has 37 heavy (non-hydrogen) atoms. The highest BCUT2D eigenvalue weighted by atomic mass is 16.5. The summed E-state index contributed by atoms with van der Waals surface area (Å²) in [6, 6.07) is 17.6. The van der Waals surface area contributed by atoms with Crippen LogP contribution in [0.25, 0.3) is 28.0 Å². The molecule has 1 atom stereocenters. The van der Waals surface area contributed by atoms with E-state index in [2.05, 4.69) is 25.3 Å². The van der Waals surface area contributed by atoms with Gasteiger partial charge in [-0.05, 0) is 25.1 Å². The molecule has 11 heteroatoms. The lowest BCUT2D eigenvalue weighted by atomic mass is 10.1. The van der Waals surface area contributed by atoms with Gasteiger partial charge in [-0.3, -0.25) is 9.36 Å². The zero-order chi connectivity index (χ0) is 25.9. The van der Waals surface area contributed by atoms with Crippen molar-refractivity contribution < 1.29 is 4.74 Å². The van der Waals surface area contributed by atoms with Crippen LogP contribution in [0.2, 0.25) is 0 Å². The van der Waals surface area contributed by atoms with E-state index in [0.717, 1.165) is 0 Å². The quantitative estimate of drug-likeness (QED) is 0.361. The van der Waals surface area contributed by atoms with Crippen molar-refractivity contribution in [1.82, 2.24) is 29.5 Å². The summed E-state index contributed by atoms with van der Waals surface area (Å²) >= 11 is 0. The molecule has 5 rings (SSSR count). The molecule has 3 N–H and O–H groups in total. The highest BCUT2D eigenvalue weighted by molar-refractivity contribution is 5.92. The van der Waals surface area contributed by atoms with E-state index in [1.807, 2.05) is 43.3 Å². The molecule has 5 aromatic rings. The second-order valence-corrected chi connectivity index (χ2v) is 8.04. The van der Waals surface area contributed by atoms with Crippen molar-refractivity contribution in [2.75, 3.05) is 18.2 Å². The minimum absolute atomic E-state index is 0.0172. The summed E-state index contributed by atoms with van der Waals surface area (Å²) in [5.41, 5.74) is 7.27. The predicted octanol–water partition coefficient (Wildman–Crippen LogP) is 3.27. The number of para-hydroxylation sites is 1. The SMILES string of the molecule is COc1ccnc(-c2cccc3nc([C@@H](C)Nc4nc(N)ncc4C#N)n(-c4ccccc4)c(=O)c23)n1. The molecule has 0 fully saturated rings. The average molecular weight is 492 g/mol. The number of nitrogens with zero attached hydrogens (tertiary/aromatic N) is 7. The molecule has 3 aromatic heterocycles. The van der Waals surface area contributed by atoms with Gasteiger partial charge in [-0.1, -0.05) is 30.3 Å². The summed E-state index contributed by atoms with van der Waals surface area (Å²) in [4.78, 5) is 35.8. The largest absolute Gasteiger partial charge is 0.481 e. The molecule has 2 aromatic carbocycles. The minimum atomic E-state index is -0.546. The Balaban J connectivity index is 1.74. The number of nitrogens with two attached hydrogens (primary N) is 1. The Morgan fingerprint density at radius 2 is 1.86 bits per heavy atom. The first-order valence-corrected chi connectivity index (χ1v) is 11.3. The van der Waals surface area contributed by atoms with E-state index in [4.69, 9.17) is 15.5 Å². The molecule has 11 nitrogen and oxygen atoms in total. The molecule has 0 amide bonds. The topological polar surface area (TPSA) is 158 Å². The lowest BCUT2D eigenvalue weighted by molar-refractivity contribution is 0.397. The van der Waals surface area contributed by atoms with Crippen LogP contribution in [-0.2, 0) is 0 Å². The van der Waals surface area contributed by atoms with Crippen molar-refractivity contribution in [3.05, 3.63) is 88.7 Å². The second-order valence-electron chi connectivity index (χ2n) is 8.04. The molecule has 0 radical (unpaired) electrons. The number of rotatable bonds is 6. The molecule has 0 aliphatic carbocycles. The molecule has 0 bridgehead atoms. The number of fused-ring (bicyclic) bond motifs is 1. The van der Waals surface area contributed by atoms with Gasteiger partial charge in [0.2, 0.25) is 11.8 Å². The molecule has 0 unspecified atom stereocenters. The van der Waals surface area contributed by atoms with Gasteiger partial charge < -0.3 is 15.8 Å². The molecule has 0 saturated heterocycles. The summed E-state index contributed by atoms with van der Waals surface area (Å²) < 4.78 is 6.77. The van der Waals surface area contributed by atoms with Gasteiger partial charge in [0, 0.05) is 17.8 Å². The molecule has 0 spiro atoms. The first-order valence-electron chi connectivity index (χ1n) is 11.3. The Bertz CT molecular complexity index is 1710. The van der Waals surface area contributed by atoms with Gasteiger partial charge in [0.25, 0.3) is 5.56 Å². The van der Waals surface area contributed by atoms with E-state index < -0.39 is 6.04 Å². The number of ether oxygens (including phenoxy) is 1. The highest BCUT2D eigenvalue weighted by Gasteiger charge is 2.22.